The third-order valence-electron chi connectivity index (χ3n) is 4.34. The average Bonchev–Trinajstić information content (AvgIpc) is 3.07. The van der Waals surface area contributed by atoms with Crippen molar-refractivity contribution >= 4 is 29.8 Å². The quantitative estimate of drug-likeness (QED) is 0.408. The van der Waals surface area contributed by atoms with Gasteiger partial charge in [-0.1, -0.05) is 12.1 Å². The predicted molar refractivity (Wildman–Crippen MR) is 103 cm³/mol. The van der Waals surface area contributed by atoms with Crippen LogP contribution in [0.2, 0.25) is 0 Å². The number of anilines is 1. The van der Waals surface area contributed by atoms with Crippen LogP contribution in [0.5, 0.6) is 0 Å². The second-order valence-corrected chi connectivity index (χ2v) is 6.04. The molecule has 2 heterocycles. The maximum absolute atomic E-state index is 11.9. The van der Waals surface area contributed by atoms with E-state index in [9.17, 15) is 14.9 Å². The molecule has 2 aromatic carbocycles. The van der Waals surface area contributed by atoms with Gasteiger partial charge in [-0.3, -0.25) is 4.79 Å². The number of fused-ring (bicyclic) bond motifs is 1. The third kappa shape index (κ3) is 3.34. The van der Waals surface area contributed by atoms with E-state index >= 15 is 0 Å². The number of amides is 1. The fraction of sp³-hybridized carbons (Fsp3) is 0.111. The number of halogens is 1. The summed E-state index contributed by atoms with van der Waals surface area (Å²) in [5, 5.41) is 18.4. The molecule has 138 valence electrons. The minimum absolute atomic E-state index is 0. The first-order valence-corrected chi connectivity index (χ1v) is 8.04. The van der Waals surface area contributed by atoms with Crippen LogP contribution in [0.1, 0.15) is 15.9 Å². The molecule has 1 aliphatic heterocycles. The van der Waals surface area contributed by atoms with Gasteiger partial charge in [0, 0.05) is 17.8 Å². The zero-order chi connectivity index (χ0) is 18.3. The Morgan fingerprint density at radius 2 is 2.00 bits per heavy atom. The number of hydrogen-bond acceptors (Lipinski definition) is 5. The third-order valence-corrected chi connectivity index (χ3v) is 4.34. The monoisotopic (exact) mass is 385 g/mol. The van der Waals surface area contributed by atoms with E-state index in [0.717, 1.165) is 5.56 Å². The molecule has 0 bridgehead atoms. The van der Waals surface area contributed by atoms with Crippen LogP contribution in [0.4, 0.5) is 11.5 Å². The van der Waals surface area contributed by atoms with Gasteiger partial charge in [0.05, 0.1) is 17.0 Å². The Labute approximate surface area is 160 Å². The zero-order valence-corrected chi connectivity index (χ0v) is 14.9. The van der Waals surface area contributed by atoms with Gasteiger partial charge >= 0.3 is 5.82 Å². The maximum Gasteiger partial charge on any atom is 0.398 e. The molecule has 0 fully saturated rings. The van der Waals surface area contributed by atoms with Gasteiger partial charge in [-0.2, -0.15) is 0 Å². The van der Waals surface area contributed by atoms with E-state index in [1.165, 1.54) is 4.68 Å². The lowest BCUT2D eigenvalue weighted by Gasteiger charge is -2.16. The highest BCUT2D eigenvalue weighted by molar-refractivity contribution is 5.97. The minimum atomic E-state index is -0.510. The number of nitrogens with two attached hydrogens (primary N) is 1. The molecule has 8 nitrogen and oxygen atoms in total. The summed E-state index contributed by atoms with van der Waals surface area (Å²) in [4.78, 5) is 22.9. The first-order chi connectivity index (χ1) is 12.5. The van der Waals surface area contributed by atoms with Crippen molar-refractivity contribution in [2.24, 2.45) is 0 Å². The number of nitrogens with zero attached hydrogens (tertiary/aromatic N) is 3. The van der Waals surface area contributed by atoms with E-state index in [0.29, 0.717) is 41.0 Å². The fourth-order valence-corrected chi connectivity index (χ4v) is 3.10. The lowest BCUT2D eigenvalue weighted by Crippen LogP contribution is -2.31. The molecule has 4 rings (SSSR count). The van der Waals surface area contributed by atoms with Crippen molar-refractivity contribution in [1.29, 1.82) is 0 Å². The van der Waals surface area contributed by atoms with Crippen molar-refractivity contribution in [2.75, 3.05) is 12.3 Å². The number of rotatable bonds is 3. The summed E-state index contributed by atoms with van der Waals surface area (Å²) >= 11 is 0. The van der Waals surface area contributed by atoms with E-state index in [1.807, 2.05) is 6.07 Å². The first-order valence-electron chi connectivity index (χ1n) is 8.04. The SMILES string of the molecule is Cl.Nc1cccc(-n2cc(-c3ccc4c(c3)CCNC4=O)c([N+](=O)[O-])n2)c1. The van der Waals surface area contributed by atoms with Gasteiger partial charge in [-0.15, -0.1) is 17.1 Å². The normalized spacial score (nSPS) is 12.7. The standard InChI is InChI=1S/C18H15N5O3.ClH/c19-13-2-1-3-14(9-13)22-10-16(17(21-22)23(25)26)11-4-5-15-12(8-11)6-7-20-18(15)24;/h1-5,8-10H,6-7,19H2,(H,20,24);1H. The van der Waals surface area contributed by atoms with Gasteiger partial charge in [-0.25, -0.2) is 0 Å². The van der Waals surface area contributed by atoms with Crippen molar-refractivity contribution in [3.63, 3.8) is 0 Å². The highest BCUT2D eigenvalue weighted by atomic mass is 35.5. The number of hydrogen-bond donors (Lipinski definition) is 2. The van der Waals surface area contributed by atoms with Crippen LogP contribution < -0.4 is 11.1 Å². The number of nitrogen functional groups attached to an aromatic ring is 1. The smallest absolute Gasteiger partial charge is 0.398 e. The van der Waals surface area contributed by atoms with Crippen LogP contribution in [0.3, 0.4) is 0 Å². The van der Waals surface area contributed by atoms with Gasteiger partial charge in [0.1, 0.15) is 5.56 Å². The van der Waals surface area contributed by atoms with Crippen LogP contribution >= 0.6 is 12.4 Å². The molecule has 1 aliphatic rings. The second-order valence-electron chi connectivity index (χ2n) is 6.04. The molecule has 1 aromatic heterocycles. The number of carbonyl (C=O) groups is 1. The summed E-state index contributed by atoms with van der Waals surface area (Å²) in [5.41, 5.74) is 9.49. The molecular formula is C18H16ClN5O3. The molecule has 0 spiro atoms. The zero-order valence-electron chi connectivity index (χ0n) is 14.1. The van der Waals surface area contributed by atoms with Crippen molar-refractivity contribution in [2.45, 2.75) is 6.42 Å². The highest BCUT2D eigenvalue weighted by Crippen LogP contribution is 2.32. The molecule has 0 radical (unpaired) electrons. The molecule has 1 amide bonds. The molecular weight excluding hydrogens is 370 g/mol. The van der Waals surface area contributed by atoms with Gasteiger partial charge < -0.3 is 21.2 Å². The Balaban J connectivity index is 0.00000210. The molecule has 0 aliphatic carbocycles. The molecule has 9 heteroatoms. The lowest BCUT2D eigenvalue weighted by molar-refractivity contribution is -0.389. The minimum Gasteiger partial charge on any atom is -0.399 e. The Hall–Kier alpha value is -3.39. The summed E-state index contributed by atoms with van der Waals surface area (Å²) in [6, 6.07) is 12.2. The molecule has 0 unspecified atom stereocenters. The molecule has 0 saturated carbocycles. The number of nitro groups is 1. The second kappa shape index (κ2) is 7.08. The Morgan fingerprint density at radius 1 is 1.19 bits per heavy atom. The van der Waals surface area contributed by atoms with Crippen molar-refractivity contribution < 1.29 is 9.72 Å². The number of benzene rings is 2. The highest BCUT2D eigenvalue weighted by Gasteiger charge is 2.25. The summed E-state index contributed by atoms with van der Waals surface area (Å²) in [7, 11) is 0. The van der Waals surface area contributed by atoms with Gasteiger partial charge in [-0.05, 0) is 52.8 Å². The molecule has 3 N–H and O–H groups in total. The summed E-state index contributed by atoms with van der Waals surface area (Å²) < 4.78 is 1.44. The van der Waals surface area contributed by atoms with Crippen molar-refractivity contribution in [1.82, 2.24) is 15.1 Å². The summed E-state index contributed by atoms with van der Waals surface area (Å²) in [6.07, 6.45) is 2.30. The van der Waals surface area contributed by atoms with Gasteiger partial charge in [0.15, 0.2) is 0 Å². The largest absolute Gasteiger partial charge is 0.399 e. The van der Waals surface area contributed by atoms with Crippen LogP contribution in [0.15, 0.2) is 48.7 Å². The summed E-state index contributed by atoms with van der Waals surface area (Å²) in [5.74, 6) is -0.365. The Bertz CT molecular complexity index is 1050. The summed E-state index contributed by atoms with van der Waals surface area (Å²) in [6.45, 7) is 0.555. The Morgan fingerprint density at radius 3 is 2.74 bits per heavy atom. The van der Waals surface area contributed by atoms with Gasteiger partial charge in [0.25, 0.3) is 5.91 Å². The van der Waals surface area contributed by atoms with Crippen LogP contribution in [0, 0.1) is 10.1 Å². The van der Waals surface area contributed by atoms with E-state index < -0.39 is 4.92 Å². The number of aromatic nitrogens is 2. The molecule has 27 heavy (non-hydrogen) atoms. The van der Waals surface area contributed by atoms with E-state index in [-0.39, 0.29) is 24.1 Å². The fourth-order valence-electron chi connectivity index (χ4n) is 3.10. The van der Waals surface area contributed by atoms with E-state index in [2.05, 4.69) is 10.4 Å². The van der Waals surface area contributed by atoms with Crippen LogP contribution in [0.25, 0.3) is 16.8 Å². The number of nitrogens with one attached hydrogen (secondary N) is 1. The molecule has 0 saturated heterocycles. The van der Waals surface area contributed by atoms with Crippen molar-refractivity contribution in [3.05, 3.63) is 69.9 Å². The van der Waals surface area contributed by atoms with E-state index in [4.69, 9.17) is 5.73 Å². The predicted octanol–water partition coefficient (Wildman–Crippen LogP) is 2.74. The topological polar surface area (TPSA) is 116 Å². The molecule has 0 atom stereocenters. The maximum atomic E-state index is 11.9. The molecule has 3 aromatic rings. The lowest BCUT2D eigenvalue weighted by atomic mass is 9.96. The van der Waals surface area contributed by atoms with Gasteiger partial charge in [0.2, 0.25) is 0 Å². The average molecular weight is 386 g/mol. The van der Waals surface area contributed by atoms with Crippen LogP contribution in [-0.2, 0) is 6.42 Å². The van der Waals surface area contributed by atoms with Crippen molar-refractivity contribution in [3.8, 4) is 16.8 Å². The first kappa shape index (κ1) is 18.4. The Kier molecular flexibility index (Phi) is 4.83. The number of carbonyl (C=O) groups excluding carboxylic acids is 1. The van der Waals surface area contributed by atoms with E-state index in [1.54, 1.807) is 42.6 Å². The van der Waals surface area contributed by atoms with Crippen LogP contribution in [-0.4, -0.2) is 27.2 Å².